The minimum atomic E-state index is -0.791. The second-order valence-electron chi connectivity index (χ2n) is 6.34. The van der Waals surface area contributed by atoms with Crippen molar-refractivity contribution in [2.75, 3.05) is 13.1 Å². The van der Waals surface area contributed by atoms with Gasteiger partial charge in [0.25, 0.3) is 0 Å². The molecule has 0 bridgehead atoms. The van der Waals surface area contributed by atoms with E-state index >= 15 is 0 Å². The molecular weight excluding hydrogens is 352 g/mol. The molecule has 0 aromatic heterocycles. The molecule has 9 heteroatoms. The highest BCUT2D eigenvalue weighted by Crippen LogP contribution is 2.04. The molecule has 4 amide bonds. The fourth-order valence-corrected chi connectivity index (χ4v) is 2.13. The molecule has 0 aliphatic heterocycles. The lowest BCUT2D eigenvalue weighted by Crippen LogP contribution is -2.49. The highest BCUT2D eigenvalue weighted by molar-refractivity contribution is 5.90. The Balaban J connectivity index is 2.24. The molecule has 0 saturated heterocycles. The molecular formula is C18H26N4O5. The molecule has 9 nitrogen and oxygen atoms in total. The zero-order valence-electron chi connectivity index (χ0n) is 15.5. The molecule has 27 heavy (non-hydrogen) atoms. The molecule has 1 aromatic carbocycles. The molecule has 1 aromatic rings. The van der Waals surface area contributed by atoms with Crippen LogP contribution in [-0.2, 0) is 25.7 Å². The summed E-state index contributed by atoms with van der Waals surface area (Å²) in [6.07, 6.45) is -0.340. The second kappa shape index (κ2) is 11.5. The Morgan fingerprint density at radius 1 is 1.00 bits per heavy atom. The molecule has 148 valence electrons. The van der Waals surface area contributed by atoms with Gasteiger partial charge in [0.15, 0.2) is 0 Å². The van der Waals surface area contributed by atoms with Gasteiger partial charge in [0.2, 0.25) is 17.7 Å². The Morgan fingerprint density at radius 3 is 2.22 bits per heavy atom. The Bertz CT molecular complexity index is 648. The van der Waals surface area contributed by atoms with Crippen LogP contribution in [0.25, 0.3) is 0 Å². The Kier molecular flexibility index (Phi) is 9.35. The van der Waals surface area contributed by atoms with Crippen LogP contribution >= 0.6 is 0 Å². The third kappa shape index (κ3) is 9.83. The number of hydrogen-bond acceptors (Lipinski definition) is 5. The molecule has 0 spiro atoms. The van der Waals surface area contributed by atoms with Crippen molar-refractivity contribution in [1.29, 1.82) is 0 Å². The summed E-state index contributed by atoms with van der Waals surface area (Å²) in [6.45, 7) is 3.20. The highest BCUT2D eigenvalue weighted by Gasteiger charge is 2.19. The van der Waals surface area contributed by atoms with E-state index in [2.05, 4.69) is 16.0 Å². The molecule has 1 rings (SSSR count). The molecule has 0 unspecified atom stereocenters. The summed E-state index contributed by atoms with van der Waals surface area (Å²) in [5.41, 5.74) is 6.06. The maximum atomic E-state index is 11.8. The largest absolute Gasteiger partial charge is 0.445 e. The normalized spacial score (nSPS) is 11.4. The average Bonchev–Trinajstić information content (AvgIpc) is 2.62. The summed E-state index contributed by atoms with van der Waals surface area (Å²) < 4.78 is 4.96. The zero-order valence-corrected chi connectivity index (χ0v) is 15.5. The Morgan fingerprint density at radius 2 is 1.63 bits per heavy atom. The molecule has 1 atom stereocenters. The monoisotopic (exact) mass is 378 g/mol. The van der Waals surface area contributed by atoms with Crippen molar-refractivity contribution in [3.63, 3.8) is 0 Å². The van der Waals surface area contributed by atoms with Crippen molar-refractivity contribution < 1.29 is 23.9 Å². The number of primary amides is 1. The van der Waals surface area contributed by atoms with Crippen LogP contribution in [0.3, 0.4) is 0 Å². The van der Waals surface area contributed by atoms with Gasteiger partial charge in [0.05, 0.1) is 6.54 Å². The summed E-state index contributed by atoms with van der Waals surface area (Å²) in [4.78, 5) is 46.3. The van der Waals surface area contributed by atoms with Crippen LogP contribution in [0.1, 0.15) is 25.8 Å². The molecule has 0 heterocycles. The van der Waals surface area contributed by atoms with Gasteiger partial charge in [-0.15, -0.1) is 0 Å². The van der Waals surface area contributed by atoms with E-state index in [1.54, 1.807) is 12.1 Å². The molecule has 0 fully saturated rings. The first kappa shape index (κ1) is 21.9. The predicted molar refractivity (Wildman–Crippen MR) is 98.2 cm³/mol. The summed E-state index contributed by atoms with van der Waals surface area (Å²) in [7, 11) is 0. The Labute approximate surface area is 158 Å². The number of rotatable bonds is 10. The SMILES string of the molecule is CC(C)C[C@@H](NC(=O)CNC(=O)CNC(=O)OCc1ccccc1)C(N)=O. The van der Waals surface area contributed by atoms with Crippen LogP contribution in [0.15, 0.2) is 30.3 Å². The van der Waals surface area contributed by atoms with E-state index in [9.17, 15) is 19.2 Å². The lowest BCUT2D eigenvalue weighted by molar-refractivity contribution is -0.128. The van der Waals surface area contributed by atoms with Gasteiger partial charge >= 0.3 is 6.09 Å². The van der Waals surface area contributed by atoms with E-state index in [-0.39, 0.29) is 25.6 Å². The first-order valence-electron chi connectivity index (χ1n) is 8.57. The molecule has 0 aliphatic rings. The van der Waals surface area contributed by atoms with E-state index in [0.29, 0.717) is 6.42 Å². The first-order valence-corrected chi connectivity index (χ1v) is 8.57. The zero-order chi connectivity index (χ0) is 20.2. The van der Waals surface area contributed by atoms with Gasteiger partial charge in [-0.1, -0.05) is 44.2 Å². The van der Waals surface area contributed by atoms with Crippen LogP contribution in [-0.4, -0.2) is 42.9 Å². The molecule has 0 aliphatic carbocycles. The summed E-state index contributed by atoms with van der Waals surface area (Å²) >= 11 is 0. The average molecular weight is 378 g/mol. The molecule has 5 N–H and O–H groups in total. The van der Waals surface area contributed by atoms with Crippen molar-refractivity contribution in [2.45, 2.75) is 32.9 Å². The number of carbonyl (C=O) groups excluding carboxylic acids is 4. The first-order chi connectivity index (χ1) is 12.8. The number of alkyl carbamates (subject to hydrolysis) is 1. The maximum absolute atomic E-state index is 11.8. The van der Waals surface area contributed by atoms with E-state index in [4.69, 9.17) is 10.5 Å². The lowest BCUT2D eigenvalue weighted by atomic mass is 10.0. The van der Waals surface area contributed by atoms with Gasteiger partial charge in [-0.25, -0.2) is 4.79 Å². The van der Waals surface area contributed by atoms with Gasteiger partial charge in [-0.2, -0.15) is 0 Å². The summed E-state index contributed by atoms with van der Waals surface area (Å²) in [5, 5.41) is 7.08. The lowest BCUT2D eigenvalue weighted by Gasteiger charge is -2.17. The number of hydrogen-bond donors (Lipinski definition) is 4. The van der Waals surface area contributed by atoms with Crippen LogP contribution in [0, 0.1) is 5.92 Å². The van der Waals surface area contributed by atoms with E-state index < -0.39 is 29.9 Å². The van der Waals surface area contributed by atoms with Crippen molar-refractivity contribution in [1.82, 2.24) is 16.0 Å². The molecule has 0 saturated carbocycles. The van der Waals surface area contributed by atoms with E-state index in [1.807, 2.05) is 32.0 Å². The second-order valence-corrected chi connectivity index (χ2v) is 6.34. The quantitative estimate of drug-likeness (QED) is 0.455. The van der Waals surface area contributed by atoms with E-state index in [1.165, 1.54) is 0 Å². The third-order valence-electron chi connectivity index (χ3n) is 3.44. The van der Waals surface area contributed by atoms with Gasteiger partial charge in [-0.3, -0.25) is 14.4 Å². The maximum Gasteiger partial charge on any atom is 0.407 e. The third-order valence-corrected chi connectivity index (χ3v) is 3.44. The number of carbonyl (C=O) groups is 4. The number of nitrogens with two attached hydrogens (primary N) is 1. The van der Waals surface area contributed by atoms with Crippen LogP contribution in [0.5, 0.6) is 0 Å². The van der Waals surface area contributed by atoms with Crippen molar-refractivity contribution >= 4 is 23.8 Å². The smallest absolute Gasteiger partial charge is 0.407 e. The van der Waals surface area contributed by atoms with Crippen LogP contribution in [0.4, 0.5) is 4.79 Å². The number of ether oxygens (including phenoxy) is 1. The number of nitrogens with one attached hydrogen (secondary N) is 3. The van der Waals surface area contributed by atoms with Crippen molar-refractivity contribution in [3.8, 4) is 0 Å². The van der Waals surface area contributed by atoms with Gasteiger partial charge in [0.1, 0.15) is 19.2 Å². The van der Waals surface area contributed by atoms with Crippen molar-refractivity contribution in [2.24, 2.45) is 11.7 Å². The topological polar surface area (TPSA) is 140 Å². The van der Waals surface area contributed by atoms with Crippen LogP contribution < -0.4 is 21.7 Å². The van der Waals surface area contributed by atoms with Crippen molar-refractivity contribution in [3.05, 3.63) is 35.9 Å². The fraction of sp³-hybridized carbons (Fsp3) is 0.444. The van der Waals surface area contributed by atoms with Gasteiger partial charge in [-0.05, 0) is 17.9 Å². The Hall–Kier alpha value is -3.10. The summed E-state index contributed by atoms with van der Waals surface area (Å²) in [5.74, 6) is -1.57. The standard InChI is InChI=1S/C18H26N4O5/c1-12(2)8-14(17(19)25)22-16(24)10-20-15(23)9-21-18(26)27-11-13-6-4-3-5-7-13/h3-7,12,14H,8-11H2,1-2H3,(H2,19,25)(H,20,23)(H,21,26)(H,22,24)/t14-/m1/s1. The number of amides is 4. The van der Waals surface area contributed by atoms with Gasteiger partial charge < -0.3 is 26.4 Å². The fourth-order valence-electron chi connectivity index (χ4n) is 2.13. The minimum Gasteiger partial charge on any atom is -0.445 e. The van der Waals surface area contributed by atoms with E-state index in [0.717, 1.165) is 5.56 Å². The molecule has 0 radical (unpaired) electrons. The number of benzene rings is 1. The van der Waals surface area contributed by atoms with Gasteiger partial charge in [0, 0.05) is 0 Å². The highest BCUT2D eigenvalue weighted by atomic mass is 16.5. The minimum absolute atomic E-state index is 0.0844. The van der Waals surface area contributed by atoms with Crippen LogP contribution in [0.2, 0.25) is 0 Å². The predicted octanol–water partition coefficient (Wildman–Crippen LogP) is 0.0452. The summed E-state index contributed by atoms with van der Waals surface area (Å²) in [6, 6.07) is 8.30.